The lowest BCUT2D eigenvalue weighted by Gasteiger charge is -2.25. The zero-order valence-electron chi connectivity index (χ0n) is 16.7. The van der Waals surface area contributed by atoms with E-state index in [0.717, 1.165) is 22.4 Å². The number of aryl methyl sites for hydroxylation is 1. The molecule has 8 heteroatoms. The normalized spacial score (nSPS) is 12.3. The first-order chi connectivity index (χ1) is 13.8. The van der Waals surface area contributed by atoms with Crippen molar-refractivity contribution in [3.8, 4) is 11.3 Å². The van der Waals surface area contributed by atoms with E-state index < -0.39 is 4.92 Å². The van der Waals surface area contributed by atoms with Crippen LogP contribution in [0.2, 0.25) is 0 Å². The number of hydrogen-bond donors (Lipinski definition) is 1. The molecule has 2 aromatic carbocycles. The Bertz CT molecular complexity index is 968. The largest absolute Gasteiger partial charge is 0.311 e. The van der Waals surface area contributed by atoms with E-state index in [-0.39, 0.29) is 17.5 Å². The summed E-state index contributed by atoms with van der Waals surface area (Å²) in [4.78, 5) is 12.5. The number of nitrogens with one attached hydrogen (secondary N) is 1. The number of nitro benzene ring substituents is 1. The molecular formula is C21H24FN5O2. The third-order valence-corrected chi connectivity index (χ3v) is 4.79. The Hall–Kier alpha value is -3.10. The van der Waals surface area contributed by atoms with E-state index in [4.69, 9.17) is 0 Å². The Morgan fingerprint density at radius 2 is 1.83 bits per heavy atom. The summed E-state index contributed by atoms with van der Waals surface area (Å²) < 4.78 is 15.0. The van der Waals surface area contributed by atoms with Gasteiger partial charge in [0.2, 0.25) is 0 Å². The molecule has 0 spiro atoms. The molecule has 0 aliphatic carbocycles. The molecule has 3 aromatic rings. The summed E-state index contributed by atoms with van der Waals surface area (Å²) in [6.45, 7) is 1.26. The van der Waals surface area contributed by atoms with Crippen LogP contribution in [0.1, 0.15) is 17.2 Å². The molecule has 0 saturated carbocycles. The number of rotatable bonds is 8. The maximum Gasteiger partial charge on any atom is 0.269 e. The van der Waals surface area contributed by atoms with Gasteiger partial charge in [-0.25, -0.2) is 4.39 Å². The maximum absolute atomic E-state index is 13.2. The van der Waals surface area contributed by atoms with Crippen molar-refractivity contribution in [2.45, 2.75) is 12.6 Å². The molecule has 1 atom stereocenters. The second-order valence-electron chi connectivity index (χ2n) is 7.14. The zero-order chi connectivity index (χ0) is 21.0. The highest BCUT2D eigenvalue weighted by molar-refractivity contribution is 5.64. The summed E-state index contributed by atoms with van der Waals surface area (Å²) in [6, 6.07) is 13.0. The minimum Gasteiger partial charge on any atom is -0.311 e. The average Bonchev–Trinajstić information content (AvgIpc) is 3.06. The van der Waals surface area contributed by atoms with Crippen LogP contribution in [0.4, 0.5) is 10.1 Å². The van der Waals surface area contributed by atoms with E-state index in [2.05, 4.69) is 15.3 Å². The predicted molar refractivity (Wildman–Crippen MR) is 110 cm³/mol. The molecule has 0 radical (unpaired) electrons. The fraction of sp³-hybridized carbons (Fsp3) is 0.286. The van der Waals surface area contributed by atoms with Gasteiger partial charge in [0.1, 0.15) is 5.82 Å². The third kappa shape index (κ3) is 5.04. The van der Waals surface area contributed by atoms with Gasteiger partial charge < -0.3 is 10.2 Å². The second-order valence-corrected chi connectivity index (χ2v) is 7.14. The van der Waals surface area contributed by atoms with Crippen molar-refractivity contribution < 1.29 is 9.31 Å². The maximum atomic E-state index is 13.2. The van der Waals surface area contributed by atoms with Crippen molar-refractivity contribution in [2.24, 2.45) is 7.05 Å². The first-order valence-electron chi connectivity index (χ1n) is 9.25. The fourth-order valence-corrected chi connectivity index (χ4v) is 3.28. The van der Waals surface area contributed by atoms with Crippen LogP contribution in [-0.4, -0.2) is 40.2 Å². The molecule has 0 fully saturated rings. The fourth-order valence-electron chi connectivity index (χ4n) is 3.28. The van der Waals surface area contributed by atoms with E-state index in [1.165, 1.54) is 24.3 Å². The number of benzene rings is 2. The Balaban J connectivity index is 1.72. The predicted octanol–water partition coefficient (Wildman–Crippen LogP) is 3.53. The van der Waals surface area contributed by atoms with Crippen LogP contribution >= 0.6 is 0 Å². The van der Waals surface area contributed by atoms with Crippen LogP contribution in [0, 0.1) is 15.9 Å². The number of hydrogen-bond acceptors (Lipinski definition) is 5. The summed E-state index contributed by atoms with van der Waals surface area (Å²) >= 11 is 0. The van der Waals surface area contributed by atoms with Crippen molar-refractivity contribution in [2.75, 3.05) is 20.6 Å². The lowest BCUT2D eigenvalue weighted by Crippen LogP contribution is -2.30. The summed E-state index contributed by atoms with van der Waals surface area (Å²) in [5.74, 6) is -0.248. The Morgan fingerprint density at radius 3 is 2.41 bits per heavy atom. The molecule has 1 N–H and O–H groups in total. The summed E-state index contributed by atoms with van der Waals surface area (Å²) in [6.07, 6.45) is 1.94. The van der Waals surface area contributed by atoms with Gasteiger partial charge in [-0.1, -0.05) is 12.1 Å². The van der Waals surface area contributed by atoms with E-state index >= 15 is 0 Å². The Kier molecular flexibility index (Phi) is 6.36. The second kappa shape index (κ2) is 8.93. The van der Waals surface area contributed by atoms with E-state index in [0.29, 0.717) is 13.1 Å². The van der Waals surface area contributed by atoms with Crippen molar-refractivity contribution in [3.63, 3.8) is 0 Å². The lowest BCUT2D eigenvalue weighted by molar-refractivity contribution is -0.384. The monoisotopic (exact) mass is 397 g/mol. The minimum atomic E-state index is -0.415. The summed E-state index contributed by atoms with van der Waals surface area (Å²) in [7, 11) is 5.82. The van der Waals surface area contributed by atoms with E-state index in [9.17, 15) is 14.5 Å². The molecule has 1 aromatic heterocycles. The quantitative estimate of drug-likeness (QED) is 0.465. The van der Waals surface area contributed by atoms with Gasteiger partial charge in [-0.05, 0) is 43.9 Å². The highest BCUT2D eigenvalue weighted by Gasteiger charge is 2.16. The van der Waals surface area contributed by atoms with Gasteiger partial charge in [-0.3, -0.25) is 14.8 Å². The Morgan fingerprint density at radius 1 is 1.17 bits per heavy atom. The first kappa shape index (κ1) is 20.6. The number of halogens is 1. The van der Waals surface area contributed by atoms with Crippen LogP contribution in [0.25, 0.3) is 11.3 Å². The van der Waals surface area contributed by atoms with Crippen molar-refractivity contribution >= 4 is 5.69 Å². The molecular weight excluding hydrogens is 373 g/mol. The standard InChI is InChI=1S/C21H24FN5O2/c1-25(2)20(15-4-8-18(22)9-5-15)13-23-12-17-14-26(3)24-21(17)16-6-10-19(11-7-16)27(28)29/h4-11,14,20,23H,12-13H2,1-3H3. The highest BCUT2D eigenvalue weighted by atomic mass is 19.1. The molecule has 29 heavy (non-hydrogen) atoms. The molecule has 0 amide bonds. The minimum absolute atomic E-state index is 0.0532. The van der Waals surface area contributed by atoms with Crippen LogP contribution in [0.3, 0.4) is 0 Å². The Labute approximate surface area is 168 Å². The molecule has 0 aliphatic rings. The lowest BCUT2D eigenvalue weighted by atomic mass is 10.1. The van der Waals surface area contributed by atoms with Crippen molar-refractivity contribution in [3.05, 3.63) is 81.8 Å². The van der Waals surface area contributed by atoms with Gasteiger partial charge in [-0.15, -0.1) is 0 Å². The average molecular weight is 397 g/mol. The highest BCUT2D eigenvalue weighted by Crippen LogP contribution is 2.25. The SMILES string of the molecule is CN(C)C(CNCc1cn(C)nc1-c1ccc([N+](=O)[O-])cc1)c1ccc(F)cc1. The summed E-state index contributed by atoms with van der Waals surface area (Å²) in [5.41, 5.74) is 3.70. The van der Waals surface area contributed by atoms with Crippen LogP contribution < -0.4 is 5.32 Å². The molecule has 152 valence electrons. The van der Waals surface area contributed by atoms with Gasteiger partial charge in [0, 0.05) is 55.6 Å². The summed E-state index contributed by atoms with van der Waals surface area (Å²) in [5, 5.41) is 18.8. The van der Waals surface area contributed by atoms with Gasteiger partial charge in [0.05, 0.1) is 10.6 Å². The molecule has 0 bridgehead atoms. The number of nitrogens with zero attached hydrogens (tertiary/aromatic N) is 4. The third-order valence-electron chi connectivity index (χ3n) is 4.79. The van der Waals surface area contributed by atoms with Crippen LogP contribution in [-0.2, 0) is 13.6 Å². The number of nitro groups is 1. The molecule has 0 aliphatic heterocycles. The zero-order valence-corrected chi connectivity index (χ0v) is 16.7. The van der Waals surface area contributed by atoms with Crippen LogP contribution in [0.5, 0.6) is 0 Å². The van der Waals surface area contributed by atoms with E-state index in [1.807, 2.05) is 27.3 Å². The number of non-ortho nitro benzene ring substituents is 1. The molecule has 3 rings (SSSR count). The topological polar surface area (TPSA) is 76.2 Å². The number of likely N-dealkylation sites (N-methyl/N-ethyl adjacent to an activating group) is 1. The molecule has 0 saturated heterocycles. The molecule has 1 heterocycles. The van der Waals surface area contributed by atoms with Gasteiger partial charge >= 0.3 is 0 Å². The molecule has 1 unspecified atom stereocenters. The number of aromatic nitrogens is 2. The van der Waals surface area contributed by atoms with Crippen molar-refractivity contribution in [1.82, 2.24) is 20.0 Å². The van der Waals surface area contributed by atoms with Gasteiger partial charge in [0.15, 0.2) is 0 Å². The van der Waals surface area contributed by atoms with Gasteiger partial charge in [0.25, 0.3) is 5.69 Å². The smallest absolute Gasteiger partial charge is 0.269 e. The van der Waals surface area contributed by atoms with Gasteiger partial charge in [-0.2, -0.15) is 5.10 Å². The van der Waals surface area contributed by atoms with Crippen molar-refractivity contribution in [1.29, 1.82) is 0 Å². The van der Waals surface area contributed by atoms with Crippen LogP contribution in [0.15, 0.2) is 54.7 Å². The van der Waals surface area contributed by atoms with E-state index in [1.54, 1.807) is 28.9 Å². The molecule has 7 nitrogen and oxygen atoms in total. The first-order valence-corrected chi connectivity index (χ1v) is 9.25.